The molecule has 1 aromatic carbocycles. The second-order valence-electron chi connectivity index (χ2n) is 2.85. The van der Waals surface area contributed by atoms with Gasteiger partial charge >= 0.3 is 5.69 Å². The Morgan fingerprint density at radius 2 is 2.31 bits per heavy atom. The highest BCUT2D eigenvalue weighted by Gasteiger charge is 2.16. The fourth-order valence-electron chi connectivity index (χ4n) is 1.06. The quantitative estimate of drug-likeness (QED) is 0.601. The molecule has 1 aromatic rings. The monoisotopic (exact) mass is 240 g/mol. The van der Waals surface area contributed by atoms with Crippen molar-refractivity contribution in [2.75, 3.05) is 0 Å². The van der Waals surface area contributed by atoms with Crippen LogP contribution < -0.4 is 0 Å². The van der Waals surface area contributed by atoms with Crippen LogP contribution in [0.3, 0.4) is 0 Å². The topological polar surface area (TPSA) is 66.9 Å². The van der Waals surface area contributed by atoms with Crippen molar-refractivity contribution in [3.05, 3.63) is 44.7 Å². The van der Waals surface area contributed by atoms with Gasteiger partial charge in [0.05, 0.1) is 22.4 Å². The van der Waals surface area contributed by atoms with Crippen molar-refractivity contribution in [2.45, 2.75) is 6.42 Å². The predicted molar refractivity (Wildman–Crippen MR) is 57.3 cm³/mol. The van der Waals surface area contributed by atoms with Gasteiger partial charge in [-0.2, -0.15) is 9.65 Å². The van der Waals surface area contributed by atoms with Crippen molar-refractivity contribution in [3.63, 3.8) is 0 Å². The Morgan fingerprint density at radius 1 is 1.62 bits per heavy atom. The van der Waals surface area contributed by atoms with Crippen LogP contribution in [0.25, 0.3) is 6.08 Å². The average Bonchev–Trinajstić information content (AvgIpc) is 2.22. The Hall–Kier alpha value is -1.93. The molecular weight excluding hydrogens is 235 g/mol. The molecule has 4 nitrogen and oxygen atoms in total. The molecule has 0 saturated heterocycles. The standard InChI is InChI=1S/C10H6ClFN2O2/c11-8-6-10(14(15)16)9(12)5-7(8)3-1-2-4-13/h1,3,5-6H,2H2. The summed E-state index contributed by atoms with van der Waals surface area (Å²) in [5.74, 6) is -0.953. The van der Waals surface area contributed by atoms with Crippen LogP contribution in [0.4, 0.5) is 10.1 Å². The van der Waals surface area contributed by atoms with Crippen LogP contribution in [0.1, 0.15) is 12.0 Å². The number of hydrogen-bond donors (Lipinski definition) is 0. The Kier molecular flexibility index (Phi) is 3.97. The molecule has 0 N–H and O–H groups in total. The summed E-state index contributed by atoms with van der Waals surface area (Å²) in [6, 6.07) is 3.78. The minimum atomic E-state index is -0.953. The smallest absolute Gasteiger partial charge is 0.258 e. The maximum atomic E-state index is 13.2. The van der Waals surface area contributed by atoms with Gasteiger partial charge in [0.2, 0.25) is 5.82 Å². The fraction of sp³-hybridized carbons (Fsp3) is 0.100. The SMILES string of the molecule is N#CCC=Cc1cc(F)c([N+](=O)[O-])cc1Cl. The van der Waals surface area contributed by atoms with Crippen molar-refractivity contribution in [2.24, 2.45) is 0 Å². The maximum absolute atomic E-state index is 13.2. The molecule has 0 saturated carbocycles. The van der Waals surface area contributed by atoms with Gasteiger partial charge in [0.15, 0.2) is 0 Å². The minimum Gasteiger partial charge on any atom is -0.258 e. The summed E-state index contributed by atoms with van der Waals surface area (Å²) in [7, 11) is 0. The normalized spacial score (nSPS) is 10.3. The third-order valence-corrected chi connectivity index (χ3v) is 2.10. The number of nitro groups is 1. The van der Waals surface area contributed by atoms with Crippen LogP contribution in [0, 0.1) is 27.3 Å². The Morgan fingerprint density at radius 3 is 2.88 bits per heavy atom. The lowest BCUT2D eigenvalue weighted by molar-refractivity contribution is -0.387. The van der Waals surface area contributed by atoms with E-state index in [1.807, 2.05) is 6.07 Å². The van der Waals surface area contributed by atoms with Crippen LogP contribution in [-0.2, 0) is 0 Å². The summed E-state index contributed by atoms with van der Waals surface area (Å²) in [6.07, 6.45) is 3.10. The van der Waals surface area contributed by atoms with Gasteiger partial charge in [-0.3, -0.25) is 10.1 Å². The van der Waals surface area contributed by atoms with Crippen LogP contribution in [-0.4, -0.2) is 4.92 Å². The molecular formula is C10H6ClFN2O2. The summed E-state index contributed by atoms with van der Waals surface area (Å²) in [4.78, 5) is 9.55. The maximum Gasteiger partial charge on any atom is 0.306 e. The van der Waals surface area contributed by atoms with Crippen molar-refractivity contribution in [1.29, 1.82) is 5.26 Å². The molecule has 0 aromatic heterocycles. The summed E-state index contributed by atoms with van der Waals surface area (Å²) in [5.41, 5.74) is -0.359. The number of nitro benzene ring substituents is 1. The van der Waals surface area contributed by atoms with E-state index in [0.717, 1.165) is 12.1 Å². The highest BCUT2D eigenvalue weighted by molar-refractivity contribution is 6.32. The molecule has 0 aliphatic heterocycles. The third-order valence-electron chi connectivity index (χ3n) is 1.77. The molecule has 0 spiro atoms. The van der Waals surface area contributed by atoms with Gasteiger partial charge in [0.25, 0.3) is 0 Å². The van der Waals surface area contributed by atoms with Gasteiger partial charge in [-0.1, -0.05) is 23.8 Å². The first-order valence-electron chi connectivity index (χ1n) is 4.23. The highest BCUT2D eigenvalue weighted by atomic mass is 35.5. The van der Waals surface area contributed by atoms with E-state index in [2.05, 4.69) is 0 Å². The molecule has 0 heterocycles. The molecule has 82 valence electrons. The molecule has 16 heavy (non-hydrogen) atoms. The number of benzene rings is 1. The van der Waals surface area contributed by atoms with Crippen LogP contribution >= 0.6 is 11.6 Å². The Bertz CT molecular complexity index is 494. The van der Waals surface area contributed by atoms with Gasteiger partial charge in [0, 0.05) is 6.07 Å². The van der Waals surface area contributed by atoms with E-state index in [-0.39, 0.29) is 11.4 Å². The number of hydrogen-bond acceptors (Lipinski definition) is 3. The van der Waals surface area contributed by atoms with Crippen molar-refractivity contribution >= 4 is 23.4 Å². The number of halogens is 2. The largest absolute Gasteiger partial charge is 0.306 e. The zero-order valence-electron chi connectivity index (χ0n) is 7.98. The van der Waals surface area contributed by atoms with Crippen molar-refractivity contribution in [3.8, 4) is 6.07 Å². The predicted octanol–water partition coefficient (Wildman–Crippen LogP) is 3.31. The lowest BCUT2D eigenvalue weighted by atomic mass is 10.1. The third kappa shape index (κ3) is 2.78. The van der Waals surface area contributed by atoms with Gasteiger partial charge in [-0.25, -0.2) is 0 Å². The second kappa shape index (κ2) is 5.24. The molecule has 0 aliphatic carbocycles. The summed E-state index contributed by atoms with van der Waals surface area (Å²) >= 11 is 5.72. The second-order valence-corrected chi connectivity index (χ2v) is 3.25. The number of nitriles is 1. The molecule has 1 rings (SSSR count). The fourth-order valence-corrected chi connectivity index (χ4v) is 1.28. The van der Waals surface area contributed by atoms with Gasteiger partial charge in [-0.05, 0) is 11.6 Å². The number of allylic oxidation sites excluding steroid dienone is 1. The van der Waals surface area contributed by atoms with E-state index in [1.54, 1.807) is 0 Å². The Labute approximate surface area is 95.7 Å². The summed E-state index contributed by atoms with van der Waals surface area (Å²) in [5, 5.41) is 18.8. The van der Waals surface area contributed by atoms with E-state index in [4.69, 9.17) is 16.9 Å². The first kappa shape index (κ1) is 12.1. The average molecular weight is 241 g/mol. The number of nitrogens with zero attached hydrogens (tertiary/aromatic N) is 2. The first-order valence-corrected chi connectivity index (χ1v) is 4.61. The molecule has 0 radical (unpaired) electrons. The highest BCUT2D eigenvalue weighted by Crippen LogP contribution is 2.26. The van der Waals surface area contributed by atoms with E-state index >= 15 is 0 Å². The van der Waals surface area contributed by atoms with E-state index in [9.17, 15) is 14.5 Å². The van der Waals surface area contributed by atoms with Crippen LogP contribution in [0.2, 0.25) is 5.02 Å². The Balaban J connectivity index is 3.11. The molecule has 0 aliphatic rings. The molecule has 6 heteroatoms. The van der Waals surface area contributed by atoms with E-state index in [0.29, 0.717) is 5.56 Å². The zero-order valence-corrected chi connectivity index (χ0v) is 8.74. The summed E-state index contributed by atoms with van der Waals surface area (Å²) < 4.78 is 13.2. The first-order chi connectivity index (χ1) is 7.56. The van der Waals surface area contributed by atoms with Crippen LogP contribution in [0.5, 0.6) is 0 Å². The minimum absolute atomic E-state index is 0.0716. The van der Waals surface area contributed by atoms with Crippen molar-refractivity contribution in [1.82, 2.24) is 0 Å². The van der Waals surface area contributed by atoms with Gasteiger partial charge in [0.1, 0.15) is 0 Å². The zero-order chi connectivity index (χ0) is 12.1. The summed E-state index contributed by atoms with van der Waals surface area (Å²) in [6.45, 7) is 0. The molecule has 0 amide bonds. The van der Waals surface area contributed by atoms with Gasteiger partial charge in [-0.15, -0.1) is 0 Å². The number of rotatable bonds is 3. The van der Waals surface area contributed by atoms with E-state index in [1.165, 1.54) is 12.2 Å². The molecule has 0 atom stereocenters. The molecule has 0 fully saturated rings. The molecule has 0 unspecified atom stereocenters. The van der Waals surface area contributed by atoms with E-state index < -0.39 is 16.4 Å². The lowest BCUT2D eigenvalue weighted by Crippen LogP contribution is -1.93. The van der Waals surface area contributed by atoms with Gasteiger partial charge < -0.3 is 0 Å². The molecule has 0 bridgehead atoms. The van der Waals surface area contributed by atoms with Crippen LogP contribution in [0.15, 0.2) is 18.2 Å². The van der Waals surface area contributed by atoms with Crippen molar-refractivity contribution < 1.29 is 9.31 Å². The lowest BCUT2D eigenvalue weighted by Gasteiger charge is -1.99.